The summed E-state index contributed by atoms with van der Waals surface area (Å²) in [6.07, 6.45) is 27.0. The van der Waals surface area contributed by atoms with Gasteiger partial charge in [0.15, 0.2) is 0 Å². The van der Waals surface area contributed by atoms with Crippen molar-refractivity contribution in [2.45, 2.75) is 231 Å². The maximum Gasteiger partial charge on any atom is 2.00 e. The van der Waals surface area contributed by atoms with Crippen molar-refractivity contribution in [1.82, 2.24) is 0 Å². The van der Waals surface area contributed by atoms with Gasteiger partial charge in [0.1, 0.15) is 0 Å². The molecule has 9 heteroatoms. The quantitative estimate of drug-likeness (QED) is 0.0501. The molecule has 2 N–H and O–H groups in total. The van der Waals surface area contributed by atoms with Gasteiger partial charge in [0, 0.05) is 11.9 Å². The van der Waals surface area contributed by atoms with Gasteiger partial charge in [-0.1, -0.05) is 190 Å². The zero-order chi connectivity index (χ0) is 42.3. The van der Waals surface area contributed by atoms with Crippen LogP contribution in [0, 0.1) is 0 Å². The zero-order valence-corrected chi connectivity index (χ0v) is 41.8. The van der Waals surface area contributed by atoms with E-state index < -0.39 is 11.9 Å². The predicted molar refractivity (Wildman–Crippen MR) is 238 cm³/mol. The maximum absolute atomic E-state index is 10.7. The summed E-state index contributed by atoms with van der Waals surface area (Å²) in [5.41, 5.74) is 2.18. The minimum Gasteiger partial charge on any atom is -0.550 e. The van der Waals surface area contributed by atoms with E-state index in [4.69, 9.17) is 9.47 Å². The summed E-state index contributed by atoms with van der Waals surface area (Å²) in [7, 11) is 0. The van der Waals surface area contributed by atoms with Crippen molar-refractivity contribution in [3.8, 4) is 0 Å². The number of ether oxygens (including phenoxy) is 2. The fraction of sp³-hybridized carbons (Fsp3) is 0.720. The molecule has 332 valence electrons. The number of hydrogen-bond acceptors (Lipinski definition) is 8. The van der Waals surface area contributed by atoms with Crippen molar-refractivity contribution in [2.75, 3.05) is 0 Å². The smallest absolute Gasteiger partial charge is 0.550 e. The number of carboxylic acid groups (broad SMARTS) is 2. The summed E-state index contributed by atoms with van der Waals surface area (Å²) in [6, 6.07) is 19.9. The van der Waals surface area contributed by atoms with Gasteiger partial charge in [0.25, 0.3) is 0 Å². The largest absolute Gasteiger partial charge is 2.00 e. The van der Waals surface area contributed by atoms with Crippen molar-refractivity contribution >= 4 is 60.8 Å². The molecule has 0 saturated carbocycles. The van der Waals surface area contributed by atoms with Gasteiger partial charge >= 0.3 is 48.9 Å². The van der Waals surface area contributed by atoms with Gasteiger partial charge in [-0.3, -0.25) is 0 Å². The van der Waals surface area contributed by atoms with Crippen LogP contribution in [0.3, 0.4) is 0 Å². The Morgan fingerprint density at radius 1 is 0.475 bits per heavy atom. The second-order valence-electron chi connectivity index (χ2n) is 16.4. The van der Waals surface area contributed by atoms with Gasteiger partial charge in [0.05, 0.1) is 37.6 Å². The molecule has 0 aliphatic rings. The number of benzene rings is 2. The Balaban J connectivity index is 0.00000112. The molecule has 2 aromatic rings. The molecule has 4 atom stereocenters. The molecule has 2 rings (SSSR count). The van der Waals surface area contributed by atoms with E-state index in [1.807, 2.05) is 60.7 Å². The zero-order valence-electron chi connectivity index (χ0n) is 37.3. The first-order valence-corrected chi connectivity index (χ1v) is 23.3. The molecule has 4 unspecified atom stereocenters. The Hall–Kier alpha value is -1.21. The van der Waals surface area contributed by atoms with E-state index in [9.17, 15) is 30.0 Å². The van der Waals surface area contributed by atoms with Crippen molar-refractivity contribution < 1.29 is 39.5 Å². The van der Waals surface area contributed by atoms with Crippen LogP contribution in [-0.4, -0.2) is 95.4 Å². The first-order chi connectivity index (χ1) is 28.2. The number of aliphatic hydroxyl groups is 2. The normalized spacial score (nSPS) is 13.1. The first kappa shape index (κ1) is 57.8. The molecule has 59 heavy (non-hydrogen) atoms. The number of unbranched alkanes of at least 4 members (excludes halogenated alkanes) is 16. The average Bonchev–Trinajstić information content (AvgIpc) is 3.21. The van der Waals surface area contributed by atoms with E-state index >= 15 is 0 Å². The van der Waals surface area contributed by atoms with Crippen LogP contribution in [0.15, 0.2) is 60.7 Å². The van der Waals surface area contributed by atoms with E-state index in [2.05, 4.69) is 13.8 Å². The molecule has 0 aliphatic heterocycles. The van der Waals surface area contributed by atoms with Crippen LogP contribution in [0.5, 0.6) is 0 Å². The van der Waals surface area contributed by atoms with Crippen molar-refractivity contribution in [1.29, 1.82) is 0 Å². The molecule has 0 amide bonds. The second kappa shape index (κ2) is 42.1. The van der Waals surface area contributed by atoms with E-state index in [0.717, 1.165) is 36.8 Å². The Kier molecular flexibility index (Phi) is 41.2. The van der Waals surface area contributed by atoms with Crippen LogP contribution in [0.2, 0.25) is 0 Å². The summed E-state index contributed by atoms with van der Waals surface area (Å²) in [6.45, 7) is 5.46. The fourth-order valence-corrected chi connectivity index (χ4v) is 7.29. The monoisotopic (exact) mass is 949 g/mol. The van der Waals surface area contributed by atoms with Crippen molar-refractivity contribution in [3.63, 3.8) is 0 Å². The number of carboxylic acids is 2. The minimum absolute atomic E-state index is 0. The summed E-state index contributed by atoms with van der Waals surface area (Å²) < 4.78 is 12.0. The van der Waals surface area contributed by atoms with Gasteiger partial charge in [-0.15, -0.1) is 0 Å². The first-order valence-electron chi connectivity index (χ1n) is 23.3. The SMILES string of the molecule is CCCCCCCCCCCC(O)CC(CCCC(=O)[O-])OCc1ccccc1.CCCCCCCCCCCC(O)CC(CCCC(=O)[O-])OCc1ccccc1.[Ba+2]. The van der Waals surface area contributed by atoms with Crippen molar-refractivity contribution in [2.24, 2.45) is 0 Å². The molecule has 0 aliphatic carbocycles. The van der Waals surface area contributed by atoms with Crippen molar-refractivity contribution in [3.05, 3.63) is 71.8 Å². The standard InChI is InChI=1S/2C25H42O4.Ba/c2*1-2-3-4-5-6-7-8-9-13-17-23(26)20-24(18-14-19-25(27)28)29-21-22-15-11-10-12-16-22;/h2*10-12,15-16,23-24,26H,2-9,13-14,17-21H2,1H3,(H,27,28);/q;;+2/p-2. The molecule has 0 radical (unpaired) electrons. The number of carbonyl (C=O) groups excluding carboxylic acids is 2. The summed E-state index contributed by atoms with van der Waals surface area (Å²) in [5, 5.41) is 42.2. The van der Waals surface area contributed by atoms with Crippen LogP contribution < -0.4 is 10.2 Å². The topological polar surface area (TPSA) is 139 Å². The molecule has 0 saturated heterocycles. The molecule has 2 aromatic carbocycles. The second-order valence-corrected chi connectivity index (χ2v) is 16.4. The Labute approximate surface area is 400 Å². The van der Waals surface area contributed by atoms with Gasteiger partial charge < -0.3 is 39.5 Å². The van der Waals surface area contributed by atoms with Gasteiger partial charge in [-0.2, -0.15) is 0 Å². The summed E-state index contributed by atoms with van der Waals surface area (Å²) >= 11 is 0. The Morgan fingerprint density at radius 3 is 1.08 bits per heavy atom. The number of aliphatic hydroxyl groups excluding tert-OH is 2. The molecule has 8 nitrogen and oxygen atoms in total. The van der Waals surface area contributed by atoms with Crippen LogP contribution in [0.4, 0.5) is 0 Å². The third-order valence-electron chi connectivity index (χ3n) is 10.8. The summed E-state index contributed by atoms with van der Waals surface area (Å²) in [4.78, 5) is 21.4. The van der Waals surface area contributed by atoms with E-state index in [1.54, 1.807) is 0 Å². The van der Waals surface area contributed by atoms with Crippen LogP contribution in [0.25, 0.3) is 0 Å². The maximum atomic E-state index is 10.7. The minimum atomic E-state index is -1.03. The number of carbonyl (C=O) groups is 2. The van der Waals surface area contributed by atoms with Crippen LogP contribution in [-0.2, 0) is 32.3 Å². The molecule has 0 aromatic heterocycles. The molecule has 0 spiro atoms. The van der Waals surface area contributed by atoms with Gasteiger partial charge in [-0.25, -0.2) is 0 Å². The van der Waals surface area contributed by atoms with Crippen LogP contribution >= 0.6 is 0 Å². The number of hydrogen-bond donors (Lipinski definition) is 2. The fourth-order valence-electron chi connectivity index (χ4n) is 7.29. The number of aliphatic carboxylic acids is 2. The average molecular weight is 949 g/mol. The molecule has 0 bridgehead atoms. The Morgan fingerprint density at radius 2 is 0.780 bits per heavy atom. The predicted octanol–water partition coefficient (Wildman–Crippen LogP) is 9.95. The van der Waals surface area contributed by atoms with E-state index in [0.29, 0.717) is 51.7 Å². The summed E-state index contributed by atoms with van der Waals surface area (Å²) in [5.74, 6) is -2.05. The van der Waals surface area contributed by atoms with Gasteiger partial charge in [0.2, 0.25) is 0 Å². The van der Waals surface area contributed by atoms with E-state index in [-0.39, 0.29) is 86.1 Å². The Bertz CT molecular complexity index is 1110. The van der Waals surface area contributed by atoms with E-state index in [1.165, 1.54) is 103 Å². The molecular formula is C50H82BaO8. The van der Waals surface area contributed by atoms with Crippen LogP contribution in [0.1, 0.15) is 205 Å². The molecule has 0 heterocycles. The third-order valence-corrected chi connectivity index (χ3v) is 10.8. The molecular weight excluding hydrogens is 866 g/mol. The third kappa shape index (κ3) is 38.2. The number of rotatable bonds is 38. The van der Waals surface area contributed by atoms with Gasteiger partial charge in [-0.05, 0) is 75.3 Å². The molecule has 0 fully saturated rings.